The van der Waals surface area contributed by atoms with Gasteiger partial charge in [0.2, 0.25) is 5.91 Å². The van der Waals surface area contributed by atoms with Crippen LogP contribution in [0.2, 0.25) is 0 Å². The quantitative estimate of drug-likeness (QED) is 0.755. The number of hydrogen-bond donors (Lipinski definition) is 1. The van der Waals surface area contributed by atoms with Crippen LogP contribution in [-0.2, 0) is 4.79 Å². The normalized spacial score (nSPS) is 26.7. The van der Waals surface area contributed by atoms with E-state index in [1.54, 1.807) is 0 Å². The third kappa shape index (κ3) is 3.20. The minimum absolute atomic E-state index is 0.0547. The van der Waals surface area contributed by atoms with Crippen molar-refractivity contribution in [3.05, 3.63) is 0 Å². The zero-order valence-electron chi connectivity index (χ0n) is 10.4. The van der Waals surface area contributed by atoms with Crippen LogP contribution in [0.3, 0.4) is 0 Å². The molecule has 88 valence electrons. The number of rotatable bonds is 5. The molecule has 0 aromatic carbocycles. The van der Waals surface area contributed by atoms with Crippen LogP contribution in [0, 0.1) is 5.92 Å². The van der Waals surface area contributed by atoms with E-state index in [0.717, 1.165) is 25.3 Å². The number of carbonyl (C=O) groups excluding carboxylic acids is 1. The zero-order valence-corrected chi connectivity index (χ0v) is 10.4. The lowest BCUT2D eigenvalue weighted by atomic mass is 10.1. The number of carbonyl (C=O) groups is 1. The standard InChI is InChI=1S/C12H24N2O/c1-5-11-12(15)14(10(4)13-11)8-6-7-9(2)3/h9-11,13H,5-8H2,1-4H3. The molecule has 1 aliphatic heterocycles. The van der Waals surface area contributed by atoms with E-state index in [9.17, 15) is 4.79 Å². The molecule has 1 rings (SSSR count). The number of nitrogens with one attached hydrogen (secondary N) is 1. The summed E-state index contributed by atoms with van der Waals surface area (Å²) in [4.78, 5) is 13.9. The van der Waals surface area contributed by atoms with Gasteiger partial charge in [0, 0.05) is 6.54 Å². The van der Waals surface area contributed by atoms with Gasteiger partial charge in [0.05, 0.1) is 12.2 Å². The van der Waals surface area contributed by atoms with Crippen molar-refractivity contribution in [1.29, 1.82) is 0 Å². The van der Waals surface area contributed by atoms with Gasteiger partial charge in [-0.05, 0) is 32.1 Å². The molecule has 0 bridgehead atoms. The molecular formula is C12H24N2O. The van der Waals surface area contributed by atoms with Crippen molar-refractivity contribution in [2.75, 3.05) is 6.54 Å². The van der Waals surface area contributed by atoms with E-state index in [0.29, 0.717) is 0 Å². The van der Waals surface area contributed by atoms with E-state index in [4.69, 9.17) is 0 Å². The highest BCUT2D eigenvalue weighted by Crippen LogP contribution is 2.14. The molecule has 2 unspecified atom stereocenters. The second kappa shape index (κ2) is 5.50. The molecule has 0 aliphatic carbocycles. The van der Waals surface area contributed by atoms with Gasteiger partial charge in [-0.15, -0.1) is 0 Å². The summed E-state index contributed by atoms with van der Waals surface area (Å²) in [6.45, 7) is 9.48. The maximum atomic E-state index is 11.9. The average molecular weight is 212 g/mol. The summed E-state index contributed by atoms with van der Waals surface area (Å²) < 4.78 is 0. The van der Waals surface area contributed by atoms with Crippen LogP contribution in [0.1, 0.15) is 47.0 Å². The van der Waals surface area contributed by atoms with Gasteiger partial charge in [0.1, 0.15) is 0 Å². The van der Waals surface area contributed by atoms with Crippen molar-refractivity contribution >= 4 is 5.91 Å². The van der Waals surface area contributed by atoms with E-state index in [1.807, 2.05) is 4.90 Å². The van der Waals surface area contributed by atoms with Crippen LogP contribution in [0.4, 0.5) is 0 Å². The molecule has 15 heavy (non-hydrogen) atoms. The van der Waals surface area contributed by atoms with Gasteiger partial charge in [-0.1, -0.05) is 20.8 Å². The molecule has 1 heterocycles. The number of amides is 1. The lowest BCUT2D eigenvalue weighted by molar-refractivity contribution is -0.130. The summed E-state index contributed by atoms with van der Waals surface area (Å²) in [5, 5.41) is 3.32. The molecule has 0 spiro atoms. The summed E-state index contributed by atoms with van der Waals surface area (Å²) in [6.07, 6.45) is 3.43. The van der Waals surface area contributed by atoms with Crippen molar-refractivity contribution < 1.29 is 4.79 Å². The van der Waals surface area contributed by atoms with Crippen molar-refractivity contribution in [2.45, 2.75) is 59.2 Å². The topological polar surface area (TPSA) is 32.3 Å². The summed E-state index contributed by atoms with van der Waals surface area (Å²) >= 11 is 0. The Balaban J connectivity index is 2.37. The highest BCUT2D eigenvalue weighted by atomic mass is 16.2. The fraction of sp³-hybridized carbons (Fsp3) is 0.917. The monoisotopic (exact) mass is 212 g/mol. The third-order valence-electron chi connectivity index (χ3n) is 3.08. The SMILES string of the molecule is CCC1NC(C)N(CCCC(C)C)C1=O. The first-order chi connectivity index (χ1) is 7.06. The van der Waals surface area contributed by atoms with Gasteiger partial charge in [-0.2, -0.15) is 0 Å². The van der Waals surface area contributed by atoms with Gasteiger partial charge in [-0.25, -0.2) is 0 Å². The predicted octanol–water partition coefficient (Wildman–Crippen LogP) is 1.98. The lowest BCUT2D eigenvalue weighted by Gasteiger charge is -2.21. The lowest BCUT2D eigenvalue weighted by Crippen LogP contribution is -2.35. The van der Waals surface area contributed by atoms with E-state index in [2.05, 4.69) is 33.0 Å². The second-order valence-corrected chi connectivity index (χ2v) is 4.87. The van der Waals surface area contributed by atoms with E-state index < -0.39 is 0 Å². The van der Waals surface area contributed by atoms with Crippen molar-refractivity contribution in [3.8, 4) is 0 Å². The molecular weight excluding hydrogens is 188 g/mol. The third-order valence-corrected chi connectivity index (χ3v) is 3.08. The molecule has 3 nitrogen and oxygen atoms in total. The Labute approximate surface area is 93.2 Å². The summed E-state index contributed by atoms with van der Waals surface area (Å²) in [7, 11) is 0. The Hall–Kier alpha value is -0.570. The minimum atomic E-state index is 0.0547. The molecule has 0 aromatic rings. The van der Waals surface area contributed by atoms with Crippen LogP contribution in [0.5, 0.6) is 0 Å². The van der Waals surface area contributed by atoms with Crippen LogP contribution < -0.4 is 5.32 Å². The Morgan fingerprint density at radius 2 is 2.13 bits per heavy atom. The summed E-state index contributed by atoms with van der Waals surface area (Å²) in [5.41, 5.74) is 0. The minimum Gasteiger partial charge on any atom is -0.326 e. The van der Waals surface area contributed by atoms with Crippen LogP contribution in [0.25, 0.3) is 0 Å². The van der Waals surface area contributed by atoms with Crippen LogP contribution in [-0.4, -0.2) is 29.6 Å². The van der Waals surface area contributed by atoms with Gasteiger partial charge < -0.3 is 4.90 Å². The summed E-state index contributed by atoms with van der Waals surface area (Å²) in [6, 6.07) is 0.0547. The molecule has 0 aromatic heterocycles. The van der Waals surface area contributed by atoms with Gasteiger partial charge in [0.25, 0.3) is 0 Å². The molecule has 1 aliphatic rings. The average Bonchev–Trinajstić information content (AvgIpc) is 2.44. The van der Waals surface area contributed by atoms with Crippen molar-refractivity contribution in [1.82, 2.24) is 10.2 Å². The number of hydrogen-bond acceptors (Lipinski definition) is 2. The van der Waals surface area contributed by atoms with Crippen molar-refractivity contribution in [3.63, 3.8) is 0 Å². The van der Waals surface area contributed by atoms with Crippen LogP contribution >= 0.6 is 0 Å². The first-order valence-corrected chi connectivity index (χ1v) is 6.12. The Bertz CT molecular complexity index is 216. The first kappa shape index (κ1) is 12.5. The molecule has 0 saturated carbocycles. The molecule has 1 N–H and O–H groups in total. The van der Waals surface area contributed by atoms with Gasteiger partial charge in [-0.3, -0.25) is 10.1 Å². The Morgan fingerprint density at radius 3 is 2.60 bits per heavy atom. The van der Waals surface area contributed by atoms with E-state index in [-0.39, 0.29) is 18.1 Å². The maximum Gasteiger partial charge on any atom is 0.240 e. The molecule has 3 heteroatoms. The maximum absolute atomic E-state index is 11.9. The smallest absolute Gasteiger partial charge is 0.240 e. The predicted molar refractivity (Wildman–Crippen MR) is 62.5 cm³/mol. The zero-order chi connectivity index (χ0) is 11.4. The number of nitrogens with zero attached hydrogens (tertiary/aromatic N) is 1. The second-order valence-electron chi connectivity index (χ2n) is 4.87. The molecule has 1 amide bonds. The fourth-order valence-electron chi connectivity index (χ4n) is 2.11. The highest BCUT2D eigenvalue weighted by Gasteiger charge is 2.34. The van der Waals surface area contributed by atoms with E-state index >= 15 is 0 Å². The molecule has 0 radical (unpaired) electrons. The largest absolute Gasteiger partial charge is 0.326 e. The first-order valence-electron chi connectivity index (χ1n) is 6.12. The van der Waals surface area contributed by atoms with Gasteiger partial charge >= 0.3 is 0 Å². The fourth-order valence-corrected chi connectivity index (χ4v) is 2.11. The van der Waals surface area contributed by atoms with Crippen LogP contribution in [0.15, 0.2) is 0 Å². The highest BCUT2D eigenvalue weighted by molar-refractivity contribution is 5.84. The Kier molecular flexibility index (Phi) is 4.58. The van der Waals surface area contributed by atoms with Crippen molar-refractivity contribution in [2.24, 2.45) is 5.92 Å². The molecule has 2 atom stereocenters. The molecule has 1 saturated heterocycles. The van der Waals surface area contributed by atoms with E-state index in [1.165, 1.54) is 6.42 Å². The Morgan fingerprint density at radius 1 is 1.47 bits per heavy atom. The molecule has 1 fully saturated rings. The summed E-state index contributed by atoms with van der Waals surface area (Å²) in [5.74, 6) is 1.02. The van der Waals surface area contributed by atoms with Gasteiger partial charge in [0.15, 0.2) is 0 Å².